The van der Waals surface area contributed by atoms with Crippen molar-refractivity contribution in [2.75, 3.05) is 18.9 Å². The predicted octanol–water partition coefficient (Wildman–Crippen LogP) is 5.18. The molecule has 0 aliphatic heterocycles. The van der Waals surface area contributed by atoms with Crippen LogP contribution in [0.25, 0.3) is 0 Å². The molecule has 2 aromatic rings. The third-order valence-electron chi connectivity index (χ3n) is 3.00. The molecular weight excluding hydrogens is 433 g/mol. The molecule has 7 heteroatoms. The summed E-state index contributed by atoms with van der Waals surface area (Å²) in [5, 5.41) is 3.95. The van der Waals surface area contributed by atoms with Gasteiger partial charge >= 0.3 is 0 Å². The second-order valence-electron chi connectivity index (χ2n) is 4.89. The molecule has 128 valence electrons. The SMILES string of the molecule is O=C(COc1ccc(Br)cc1)NCCSCc1ccc(Cl)c(Cl)c1. The largest absolute Gasteiger partial charge is 0.484 e. The molecule has 0 fully saturated rings. The van der Waals surface area contributed by atoms with E-state index in [-0.39, 0.29) is 12.5 Å². The molecule has 0 saturated carbocycles. The zero-order valence-corrected chi connectivity index (χ0v) is 16.6. The third kappa shape index (κ3) is 6.93. The topological polar surface area (TPSA) is 38.3 Å². The van der Waals surface area contributed by atoms with Crippen molar-refractivity contribution < 1.29 is 9.53 Å². The first-order valence-corrected chi connectivity index (χ1v) is 9.91. The van der Waals surface area contributed by atoms with Gasteiger partial charge in [-0.2, -0.15) is 11.8 Å². The zero-order chi connectivity index (χ0) is 17.4. The monoisotopic (exact) mass is 447 g/mol. The van der Waals surface area contributed by atoms with E-state index in [0.717, 1.165) is 21.5 Å². The highest BCUT2D eigenvalue weighted by molar-refractivity contribution is 9.10. The lowest BCUT2D eigenvalue weighted by Crippen LogP contribution is -2.30. The summed E-state index contributed by atoms with van der Waals surface area (Å²) >= 11 is 16.9. The number of nitrogens with one attached hydrogen (secondary N) is 1. The number of hydrogen-bond donors (Lipinski definition) is 1. The third-order valence-corrected chi connectivity index (χ3v) is 5.30. The number of carbonyl (C=O) groups excluding carboxylic acids is 1. The van der Waals surface area contributed by atoms with Gasteiger partial charge in [0.15, 0.2) is 6.61 Å². The van der Waals surface area contributed by atoms with Crippen LogP contribution in [0.15, 0.2) is 46.9 Å². The van der Waals surface area contributed by atoms with Gasteiger partial charge in [-0.3, -0.25) is 4.79 Å². The normalized spacial score (nSPS) is 10.5. The van der Waals surface area contributed by atoms with Crippen LogP contribution >= 0.6 is 50.9 Å². The van der Waals surface area contributed by atoms with Gasteiger partial charge in [0.25, 0.3) is 5.91 Å². The highest BCUT2D eigenvalue weighted by Gasteiger charge is 2.03. The number of amides is 1. The molecule has 3 nitrogen and oxygen atoms in total. The summed E-state index contributed by atoms with van der Waals surface area (Å²) in [6, 6.07) is 13.0. The van der Waals surface area contributed by atoms with Crippen LogP contribution in [-0.4, -0.2) is 24.8 Å². The van der Waals surface area contributed by atoms with Gasteiger partial charge in [-0.05, 0) is 42.0 Å². The van der Waals surface area contributed by atoms with E-state index in [1.807, 2.05) is 36.4 Å². The maximum Gasteiger partial charge on any atom is 0.257 e. The zero-order valence-electron chi connectivity index (χ0n) is 12.7. The van der Waals surface area contributed by atoms with Crippen LogP contribution in [0.1, 0.15) is 5.56 Å². The van der Waals surface area contributed by atoms with Crippen molar-refractivity contribution in [1.82, 2.24) is 5.32 Å². The van der Waals surface area contributed by atoms with Crippen LogP contribution in [0.5, 0.6) is 5.75 Å². The molecule has 2 aromatic carbocycles. The fraction of sp³-hybridized carbons (Fsp3) is 0.235. The number of carbonyl (C=O) groups is 1. The fourth-order valence-electron chi connectivity index (χ4n) is 1.81. The standard InChI is InChI=1S/C17H16BrCl2NO2S/c18-13-2-4-14(5-3-13)23-10-17(22)21-7-8-24-11-12-1-6-15(19)16(20)9-12/h1-6,9H,7-8,10-11H2,(H,21,22). The van der Waals surface area contributed by atoms with Crippen molar-refractivity contribution in [3.05, 3.63) is 62.5 Å². The fourth-order valence-corrected chi connectivity index (χ4v) is 3.20. The minimum Gasteiger partial charge on any atom is -0.484 e. The molecule has 0 aromatic heterocycles. The summed E-state index contributed by atoms with van der Waals surface area (Å²) in [6.07, 6.45) is 0. The van der Waals surface area contributed by atoms with Crippen molar-refractivity contribution in [2.45, 2.75) is 5.75 Å². The molecule has 0 aliphatic rings. The van der Waals surface area contributed by atoms with E-state index < -0.39 is 0 Å². The lowest BCUT2D eigenvalue weighted by molar-refractivity contribution is -0.122. The molecule has 0 aliphatic carbocycles. The van der Waals surface area contributed by atoms with Crippen molar-refractivity contribution in [2.24, 2.45) is 0 Å². The Labute approximate surface area is 164 Å². The highest BCUT2D eigenvalue weighted by Crippen LogP contribution is 2.24. The van der Waals surface area contributed by atoms with Crippen LogP contribution < -0.4 is 10.1 Å². The van der Waals surface area contributed by atoms with Gasteiger partial charge in [-0.25, -0.2) is 0 Å². The quantitative estimate of drug-likeness (QED) is 0.565. The van der Waals surface area contributed by atoms with Crippen LogP contribution in [-0.2, 0) is 10.5 Å². The van der Waals surface area contributed by atoms with Crippen molar-refractivity contribution in [1.29, 1.82) is 0 Å². The van der Waals surface area contributed by atoms with Gasteiger partial charge in [-0.15, -0.1) is 0 Å². The Balaban J connectivity index is 1.59. The summed E-state index contributed by atoms with van der Waals surface area (Å²) in [5.74, 6) is 2.17. The number of rotatable bonds is 8. The molecule has 0 saturated heterocycles. The van der Waals surface area contributed by atoms with E-state index in [0.29, 0.717) is 22.3 Å². The number of benzene rings is 2. The molecule has 0 unspecified atom stereocenters. The molecule has 24 heavy (non-hydrogen) atoms. The lowest BCUT2D eigenvalue weighted by Gasteiger charge is -2.08. The van der Waals surface area contributed by atoms with E-state index in [1.165, 1.54) is 0 Å². The van der Waals surface area contributed by atoms with Gasteiger partial charge in [0, 0.05) is 22.5 Å². The van der Waals surface area contributed by atoms with Crippen molar-refractivity contribution in [3.63, 3.8) is 0 Å². The average molecular weight is 449 g/mol. The highest BCUT2D eigenvalue weighted by atomic mass is 79.9. The summed E-state index contributed by atoms with van der Waals surface area (Å²) in [6.45, 7) is 0.605. The number of thioether (sulfide) groups is 1. The van der Waals surface area contributed by atoms with Gasteiger partial charge in [0.2, 0.25) is 0 Å². The predicted molar refractivity (Wildman–Crippen MR) is 105 cm³/mol. The summed E-state index contributed by atoms with van der Waals surface area (Å²) in [5.41, 5.74) is 1.11. The first-order chi connectivity index (χ1) is 11.5. The number of halogens is 3. The maximum absolute atomic E-state index is 11.7. The minimum atomic E-state index is -0.131. The van der Waals surface area contributed by atoms with Crippen LogP contribution in [0.2, 0.25) is 10.0 Å². The Morgan fingerprint density at radius 2 is 1.88 bits per heavy atom. The first kappa shape index (κ1) is 19.4. The summed E-state index contributed by atoms with van der Waals surface area (Å²) < 4.78 is 6.38. The van der Waals surface area contributed by atoms with E-state index in [2.05, 4.69) is 21.2 Å². The molecule has 1 amide bonds. The van der Waals surface area contributed by atoms with Gasteiger partial charge in [0.1, 0.15) is 5.75 Å². The molecule has 0 heterocycles. The Hall–Kier alpha value is -0.880. The Kier molecular flexibility index (Phi) is 8.25. The number of ether oxygens (including phenoxy) is 1. The second kappa shape index (κ2) is 10.2. The lowest BCUT2D eigenvalue weighted by atomic mass is 10.2. The van der Waals surface area contributed by atoms with E-state index in [1.54, 1.807) is 17.8 Å². The summed E-state index contributed by atoms with van der Waals surface area (Å²) in [4.78, 5) is 11.7. The Morgan fingerprint density at radius 3 is 2.58 bits per heavy atom. The van der Waals surface area contributed by atoms with Crippen LogP contribution in [0.3, 0.4) is 0 Å². The molecular formula is C17H16BrCl2NO2S. The molecule has 0 bridgehead atoms. The minimum absolute atomic E-state index is 0.0130. The molecule has 0 radical (unpaired) electrons. The van der Waals surface area contributed by atoms with Crippen molar-refractivity contribution in [3.8, 4) is 5.75 Å². The maximum atomic E-state index is 11.7. The first-order valence-electron chi connectivity index (χ1n) is 7.21. The molecule has 0 atom stereocenters. The van der Waals surface area contributed by atoms with Gasteiger partial charge in [-0.1, -0.05) is 45.2 Å². The van der Waals surface area contributed by atoms with E-state index >= 15 is 0 Å². The van der Waals surface area contributed by atoms with Gasteiger partial charge in [0.05, 0.1) is 10.0 Å². The van der Waals surface area contributed by atoms with Gasteiger partial charge < -0.3 is 10.1 Å². The van der Waals surface area contributed by atoms with E-state index in [4.69, 9.17) is 27.9 Å². The number of hydrogen-bond acceptors (Lipinski definition) is 3. The van der Waals surface area contributed by atoms with Crippen molar-refractivity contribution >= 4 is 56.8 Å². The van der Waals surface area contributed by atoms with E-state index in [9.17, 15) is 4.79 Å². The molecule has 0 spiro atoms. The Morgan fingerprint density at radius 1 is 1.12 bits per heavy atom. The second-order valence-corrected chi connectivity index (χ2v) is 7.73. The average Bonchev–Trinajstić information content (AvgIpc) is 2.57. The smallest absolute Gasteiger partial charge is 0.257 e. The van der Waals surface area contributed by atoms with Crippen LogP contribution in [0, 0.1) is 0 Å². The Bertz CT molecular complexity index is 683. The van der Waals surface area contributed by atoms with Crippen LogP contribution in [0.4, 0.5) is 0 Å². The summed E-state index contributed by atoms with van der Waals surface area (Å²) in [7, 11) is 0. The molecule has 1 N–H and O–H groups in total. The molecule has 2 rings (SSSR count).